The van der Waals surface area contributed by atoms with Crippen LogP contribution in [0.3, 0.4) is 0 Å². The second-order valence-corrected chi connectivity index (χ2v) is 7.56. The van der Waals surface area contributed by atoms with Crippen LogP contribution in [0.15, 0.2) is 29.2 Å². The highest BCUT2D eigenvalue weighted by atomic mass is 32.2. The Balaban J connectivity index is 2.35. The molecule has 1 aromatic heterocycles. The summed E-state index contributed by atoms with van der Waals surface area (Å²) in [6.07, 6.45) is 0. The second kappa shape index (κ2) is 5.95. The van der Waals surface area contributed by atoms with Gasteiger partial charge in [-0.1, -0.05) is 0 Å². The first-order chi connectivity index (χ1) is 9.87. The summed E-state index contributed by atoms with van der Waals surface area (Å²) in [7, 11) is -0.574. The Morgan fingerprint density at radius 2 is 1.71 bits per heavy atom. The minimum atomic E-state index is -3.60. The molecule has 0 spiro atoms. The van der Waals surface area contributed by atoms with Crippen molar-refractivity contribution >= 4 is 27.0 Å². The number of hydrogen-bond acceptors (Lipinski definition) is 5. The van der Waals surface area contributed by atoms with Crippen molar-refractivity contribution in [2.75, 3.05) is 18.9 Å². The molecule has 1 N–H and O–H groups in total. The van der Waals surface area contributed by atoms with E-state index in [1.165, 1.54) is 25.6 Å². The summed E-state index contributed by atoms with van der Waals surface area (Å²) >= 11 is 1.46. The summed E-state index contributed by atoms with van der Waals surface area (Å²) in [6, 6.07) is 6.55. The van der Waals surface area contributed by atoms with Crippen LogP contribution in [0.5, 0.6) is 11.5 Å². The van der Waals surface area contributed by atoms with Crippen LogP contribution in [0.25, 0.3) is 0 Å². The standard InChI is InChI=1S/C14H17NO4S2/c1-9-7-14(10(2)20-9)21(16,17)15-11-5-6-12(18-3)13(8-11)19-4/h5-8,15H,1-4H3. The molecular formula is C14H17NO4S2. The highest BCUT2D eigenvalue weighted by molar-refractivity contribution is 7.93. The molecule has 0 aliphatic rings. The van der Waals surface area contributed by atoms with Gasteiger partial charge in [-0.2, -0.15) is 0 Å². The number of methoxy groups -OCH3 is 2. The number of thiophene rings is 1. The maximum Gasteiger partial charge on any atom is 0.263 e. The van der Waals surface area contributed by atoms with Crippen molar-refractivity contribution < 1.29 is 17.9 Å². The van der Waals surface area contributed by atoms with Gasteiger partial charge >= 0.3 is 0 Å². The van der Waals surface area contributed by atoms with Gasteiger partial charge in [0.2, 0.25) is 0 Å². The van der Waals surface area contributed by atoms with Crippen LogP contribution in [0.4, 0.5) is 5.69 Å². The van der Waals surface area contributed by atoms with Crippen molar-refractivity contribution in [3.05, 3.63) is 34.0 Å². The smallest absolute Gasteiger partial charge is 0.263 e. The van der Waals surface area contributed by atoms with E-state index in [1.54, 1.807) is 31.2 Å². The van der Waals surface area contributed by atoms with E-state index < -0.39 is 10.0 Å². The lowest BCUT2D eigenvalue weighted by molar-refractivity contribution is 0.355. The van der Waals surface area contributed by atoms with E-state index in [-0.39, 0.29) is 0 Å². The van der Waals surface area contributed by atoms with Crippen LogP contribution < -0.4 is 14.2 Å². The average Bonchev–Trinajstić information content (AvgIpc) is 2.78. The van der Waals surface area contributed by atoms with Gasteiger partial charge < -0.3 is 9.47 Å². The Labute approximate surface area is 128 Å². The van der Waals surface area contributed by atoms with E-state index in [2.05, 4.69) is 4.72 Å². The van der Waals surface area contributed by atoms with Crippen molar-refractivity contribution in [3.8, 4) is 11.5 Å². The molecule has 0 atom stereocenters. The van der Waals surface area contributed by atoms with Gasteiger partial charge in [0.25, 0.3) is 10.0 Å². The zero-order chi connectivity index (χ0) is 15.6. The summed E-state index contributed by atoms with van der Waals surface area (Å²) in [6.45, 7) is 3.67. The first kappa shape index (κ1) is 15.7. The molecule has 0 saturated heterocycles. The Hall–Kier alpha value is -1.73. The number of rotatable bonds is 5. The van der Waals surface area contributed by atoms with E-state index >= 15 is 0 Å². The predicted octanol–water partition coefficient (Wildman–Crippen LogP) is 3.18. The molecule has 7 heteroatoms. The maximum absolute atomic E-state index is 12.4. The maximum atomic E-state index is 12.4. The molecule has 114 valence electrons. The van der Waals surface area contributed by atoms with Gasteiger partial charge in [-0.3, -0.25) is 4.72 Å². The second-order valence-electron chi connectivity index (χ2n) is 4.45. The summed E-state index contributed by atoms with van der Waals surface area (Å²) in [5.74, 6) is 1.01. The molecule has 1 aromatic carbocycles. The molecule has 2 aromatic rings. The number of nitrogens with one attached hydrogen (secondary N) is 1. The fraction of sp³-hybridized carbons (Fsp3) is 0.286. The first-order valence-electron chi connectivity index (χ1n) is 6.19. The third-order valence-corrected chi connectivity index (χ3v) is 5.52. The highest BCUT2D eigenvalue weighted by Gasteiger charge is 2.19. The third-order valence-electron chi connectivity index (χ3n) is 2.92. The van der Waals surface area contributed by atoms with Gasteiger partial charge in [-0.15, -0.1) is 11.3 Å². The van der Waals surface area contributed by atoms with Gasteiger partial charge in [0.15, 0.2) is 11.5 Å². The molecule has 0 aliphatic carbocycles. The van der Waals surface area contributed by atoms with E-state index in [9.17, 15) is 8.42 Å². The van der Waals surface area contributed by atoms with E-state index in [0.29, 0.717) is 22.1 Å². The van der Waals surface area contributed by atoms with Crippen LogP contribution >= 0.6 is 11.3 Å². The summed E-state index contributed by atoms with van der Waals surface area (Å²) in [5.41, 5.74) is 0.427. The molecule has 0 amide bonds. The van der Waals surface area contributed by atoms with Crippen molar-refractivity contribution in [3.63, 3.8) is 0 Å². The Morgan fingerprint density at radius 1 is 1.05 bits per heavy atom. The normalized spacial score (nSPS) is 11.2. The summed E-state index contributed by atoms with van der Waals surface area (Å²) in [4.78, 5) is 2.03. The lowest BCUT2D eigenvalue weighted by Gasteiger charge is -2.11. The lowest BCUT2D eigenvalue weighted by Crippen LogP contribution is -2.13. The Morgan fingerprint density at radius 3 is 2.24 bits per heavy atom. The predicted molar refractivity (Wildman–Crippen MR) is 84.1 cm³/mol. The average molecular weight is 327 g/mol. The number of ether oxygens (including phenoxy) is 2. The third kappa shape index (κ3) is 3.30. The topological polar surface area (TPSA) is 64.6 Å². The number of sulfonamides is 1. The molecule has 0 aliphatic heterocycles. The molecule has 0 bridgehead atoms. The van der Waals surface area contributed by atoms with Gasteiger partial charge in [0.05, 0.1) is 19.9 Å². The fourth-order valence-corrected chi connectivity index (χ4v) is 4.59. The van der Waals surface area contributed by atoms with Gasteiger partial charge in [0.1, 0.15) is 4.90 Å². The van der Waals surface area contributed by atoms with Crippen molar-refractivity contribution in [2.24, 2.45) is 0 Å². The largest absolute Gasteiger partial charge is 0.493 e. The van der Waals surface area contributed by atoms with Crippen LogP contribution in [0.2, 0.25) is 0 Å². The number of anilines is 1. The molecule has 0 saturated carbocycles. The Bertz CT molecular complexity index is 750. The molecule has 0 radical (unpaired) electrons. The van der Waals surface area contributed by atoms with Gasteiger partial charge in [0, 0.05) is 15.8 Å². The molecule has 21 heavy (non-hydrogen) atoms. The van der Waals surface area contributed by atoms with E-state index in [4.69, 9.17) is 9.47 Å². The number of aryl methyl sites for hydroxylation is 2. The van der Waals surface area contributed by atoms with Crippen LogP contribution in [0, 0.1) is 13.8 Å². The van der Waals surface area contributed by atoms with Crippen molar-refractivity contribution in [2.45, 2.75) is 18.7 Å². The van der Waals surface area contributed by atoms with Gasteiger partial charge in [-0.25, -0.2) is 8.42 Å². The van der Waals surface area contributed by atoms with Crippen LogP contribution in [-0.2, 0) is 10.0 Å². The van der Waals surface area contributed by atoms with Crippen LogP contribution in [0.1, 0.15) is 9.75 Å². The zero-order valence-corrected chi connectivity index (χ0v) is 13.9. The SMILES string of the molecule is COc1ccc(NS(=O)(=O)c2cc(C)sc2C)cc1OC. The number of hydrogen-bond donors (Lipinski definition) is 1. The highest BCUT2D eigenvalue weighted by Crippen LogP contribution is 2.32. The first-order valence-corrected chi connectivity index (χ1v) is 8.49. The van der Waals surface area contributed by atoms with E-state index in [1.807, 2.05) is 6.92 Å². The molecule has 2 rings (SSSR count). The summed E-state index contributed by atoms with van der Waals surface area (Å²) < 4.78 is 37.7. The molecule has 5 nitrogen and oxygen atoms in total. The molecule has 0 fully saturated rings. The monoisotopic (exact) mass is 327 g/mol. The van der Waals surface area contributed by atoms with Crippen molar-refractivity contribution in [1.82, 2.24) is 0 Å². The summed E-state index contributed by atoms with van der Waals surface area (Å²) in [5, 5.41) is 0. The number of benzene rings is 1. The molecule has 1 heterocycles. The zero-order valence-electron chi connectivity index (χ0n) is 12.3. The van der Waals surface area contributed by atoms with E-state index in [0.717, 1.165) is 9.75 Å². The molecular weight excluding hydrogens is 310 g/mol. The van der Waals surface area contributed by atoms with Crippen LogP contribution in [-0.4, -0.2) is 22.6 Å². The fourth-order valence-electron chi connectivity index (χ4n) is 1.98. The van der Waals surface area contributed by atoms with Crippen molar-refractivity contribution in [1.29, 1.82) is 0 Å². The molecule has 0 unspecified atom stereocenters. The Kier molecular flexibility index (Phi) is 4.43. The minimum Gasteiger partial charge on any atom is -0.493 e. The quantitative estimate of drug-likeness (QED) is 0.916. The van der Waals surface area contributed by atoms with Gasteiger partial charge in [-0.05, 0) is 32.0 Å². The lowest BCUT2D eigenvalue weighted by atomic mass is 10.3. The minimum absolute atomic E-state index is 0.305.